The van der Waals surface area contributed by atoms with Crippen LogP contribution in [0.5, 0.6) is 5.75 Å². The lowest BCUT2D eigenvalue weighted by Gasteiger charge is -2.26. The van der Waals surface area contributed by atoms with E-state index in [9.17, 15) is 26.3 Å². The molecular formula is C18H14F6O2. The van der Waals surface area contributed by atoms with E-state index in [0.29, 0.717) is 30.9 Å². The number of halogens is 6. The van der Waals surface area contributed by atoms with Gasteiger partial charge in [-0.15, -0.1) is 0 Å². The van der Waals surface area contributed by atoms with Crippen molar-refractivity contribution in [3.63, 3.8) is 0 Å². The van der Waals surface area contributed by atoms with Gasteiger partial charge in [-0.1, -0.05) is 18.2 Å². The molecule has 0 N–H and O–H groups in total. The highest BCUT2D eigenvalue weighted by Crippen LogP contribution is 2.38. The first-order chi connectivity index (χ1) is 12.1. The lowest BCUT2D eigenvalue weighted by molar-refractivity contribution is -0.143. The third-order valence-electron chi connectivity index (χ3n) is 4.00. The van der Waals surface area contributed by atoms with E-state index in [0.717, 1.165) is 5.56 Å². The van der Waals surface area contributed by atoms with Gasteiger partial charge in [-0.3, -0.25) is 0 Å². The maximum Gasteiger partial charge on any atom is 0.416 e. The monoisotopic (exact) mass is 376 g/mol. The molecule has 2 nitrogen and oxygen atoms in total. The molecule has 0 saturated heterocycles. The Bertz CT molecular complexity index is 750. The average Bonchev–Trinajstić information content (AvgIpc) is 2.58. The van der Waals surface area contributed by atoms with E-state index in [-0.39, 0.29) is 18.2 Å². The maximum atomic E-state index is 12.9. The van der Waals surface area contributed by atoms with Gasteiger partial charge in [0, 0.05) is 12.0 Å². The molecule has 0 amide bonds. The van der Waals surface area contributed by atoms with Gasteiger partial charge in [0.05, 0.1) is 30.4 Å². The summed E-state index contributed by atoms with van der Waals surface area (Å²) >= 11 is 0. The van der Waals surface area contributed by atoms with Crippen molar-refractivity contribution in [3.05, 3.63) is 64.7 Å². The third-order valence-corrected chi connectivity index (χ3v) is 4.00. The molecule has 0 saturated carbocycles. The Labute approximate surface area is 145 Å². The molecule has 0 fully saturated rings. The van der Waals surface area contributed by atoms with Gasteiger partial charge < -0.3 is 9.47 Å². The van der Waals surface area contributed by atoms with Gasteiger partial charge in [-0.05, 0) is 29.8 Å². The van der Waals surface area contributed by atoms with E-state index in [2.05, 4.69) is 0 Å². The minimum atomic E-state index is -4.87. The minimum absolute atomic E-state index is 0.104. The molecule has 3 rings (SSSR count). The average molecular weight is 376 g/mol. The number of alkyl halides is 6. The molecule has 0 aliphatic carbocycles. The number of benzene rings is 2. The molecule has 26 heavy (non-hydrogen) atoms. The first-order valence-corrected chi connectivity index (χ1v) is 7.76. The van der Waals surface area contributed by atoms with Crippen LogP contribution in [0.3, 0.4) is 0 Å². The predicted octanol–water partition coefficient (Wildman–Crippen LogP) is 5.76. The van der Waals surface area contributed by atoms with Gasteiger partial charge in [0.1, 0.15) is 5.75 Å². The summed E-state index contributed by atoms with van der Waals surface area (Å²) in [5.41, 5.74) is -2.16. The smallest absolute Gasteiger partial charge is 0.416 e. The summed E-state index contributed by atoms with van der Waals surface area (Å²) in [6.45, 7) is -0.00985. The second kappa shape index (κ2) is 6.83. The minimum Gasteiger partial charge on any atom is -0.493 e. The van der Waals surface area contributed by atoms with Gasteiger partial charge in [-0.2, -0.15) is 26.3 Å². The fraction of sp³-hybridized carbons (Fsp3) is 0.333. The third kappa shape index (κ3) is 4.12. The zero-order valence-corrected chi connectivity index (χ0v) is 13.3. The number of rotatable bonds is 3. The van der Waals surface area contributed by atoms with Crippen LogP contribution in [0.1, 0.15) is 34.8 Å². The summed E-state index contributed by atoms with van der Waals surface area (Å²) < 4.78 is 88.5. The Balaban J connectivity index is 1.84. The Morgan fingerprint density at radius 3 is 2.15 bits per heavy atom. The van der Waals surface area contributed by atoms with Gasteiger partial charge in [0.2, 0.25) is 0 Å². The fourth-order valence-corrected chi connectivity index (χ4v) is 2.78. The van der Waals surface area contributed by atoms with E-state index in [4.69, 9.17) is 9.47 Å². The van der Waals surface area contributed by atoms with Crippen molar-refractivity contribution in [1.29, 1.82) is 0 Å². The zero-order valence-electron chi connectivity index (χ0n) is 13.3. The zero-order chi connectivity index (χ0) is 18.9. The van der Waals surface area contributed by atoms with Crippen LogP contribution in [0.4, 0.5) is 26.3 Å². The van der Waals surface area contributed by atoms with E-state index in [1.165, 1.54) is 0 Å². The Morgan fingerprint density at radius 1 is 0.923 bits per heavy atom. The van der Waals surface area contributed by atoms with Crippen molar-refractivity contribution in [1.82, 2.24) is 0 Å². The number of para-hydroxylation sites is 1. The summed E-state index contributed by atoms with van der Waals surface area (Å²) in [4.78, 5) is 0. The largest absolute Gasteiger partial charge is 0.493 e. The van der Waals surface area contributed by atoms with Gasteiger partial charge in [0.15, 0.2) is 0 Å². The second-order valence-electron chi connectivity index (χ2n) is 5.89. The Hall–Kier alpha value is -2.22. The van der Waals surface area contributed by atoms with Gasteiger partial charge in [-0.25, -0.2) is 0 Å². The van der Waals surface area contributed by atoms with E-state index in [1.54, 1.807) is 24.3 Å². The normalized spacial score (nSPS) is 17.5. The SMILES string of the molecule is FC(F)(F)c1cc(COC2CCOc3ccccc32)cc(C(F)(F)F)c1. The van der Waals surface area contributed by atoms with Crippen LogP contribution in [0.15, 0.2) is 42.5 Å². The van der Waals surface area contributed by atoms with Crippen molar-refractivity contribution in [3.8, 4) is 5.75 Å². The standard InChI is InChI=1S/C18H14F6O2/c19-17(20,21)12-7-11(8-13(9-12)18(22,23)24)10-26-16-5-6-25-15-4-2-1-3-14(15)16/h1-4,7-9,16H,5-6,10H2. The fourth-order valence-electron chi connectivity index (χ4n) is 2.78. The van der Waals surface area contributed by atoms with Crippen LogP contribution in [0.2, 0.25) is 0 Å². The van der Waals surface area contributed by atoms with Crippen molar-refractivity contribution < 1.29 is 35.8 Å². The Kier molecular flexibility index (Phi) is 4.88. The lowest BCUT2D eigenvalue weighted by atomic mass is 10.0. The molecule has 0 bridgehead atoms. The number of hydrogen-bond donors (Lipinski definition) is 0. The topological polar surface area (TPSA) is 18.5 Å². The maximum absolute atomic E-state index is 12.9. The summed E-state index contributed by atoms with van der Waals surface area (Å²) in [7, 11) is 0. The van der Waals surface area contributed by atoms with E-state index >= 15 is 0 Å². The second-order valence-corrected chi connectivity index (χ2v) is 5.89. The lowest BCUT2D eigenvalue weighted by Crippen LogP contribution is -2.17. The predicted molar refractivity (Wildman–Crippen MR) is 80.5 cm³/mol. The van der Waals surface area contributed by atoms with E-state index in [1.807, 2.05) is 0 Å². The molecule has 140 valence electrons. The van der Waals surface area contributed by atoms with Crippen LogP contribution in [-0.4, -0.2) is 6.61 Å². The van der Waals surface area contributed by atoms with Crippen LogP contribution in [0.25, 0.3) is 0 Å². The van der Waals surface area contributed by atoms with Crippen molar-refractivity contribution >= 4 is 0 Å². The summed E-state index contributed by atoms with van der Waals surface area (Å²) in [6, 6.07) is 8.48. The number of hydrogen-bond acceptors (Lipinski definition) is 2. The molecular weight excluding hydrogens is 362 g/mol. The van der Waals surface area contributed by atoms with Crippen LogP contribution in [-0.2, 0) is 23.7 Å². The first kappa shape index (κ1) is 18.6. The summed E-state index contributed by atoms with van der Waals surface area (Å²) in [6.07, 6.45) is -9.74. The highest BCUT2D eigenvalue weighted by molar-refractivity contribution is 5.37. The molecule has 2 aromatic carbocycles. The van der Waals surface area contributed by atoms with Crippen molar-refractivity contribution in [2.45, 2.75) is 31.5 Å². The number of fused-ring (bicyclic) bond motifs is 1. The van der Waals surface area contributed by atoms with Crippen molar-refractivity contribution in [2.75, 3.05) is 6.61 Å². The molecule has 0 radical (unpaired) electrons. The van der Waals surface area contributed by atoms with Crippen LogP contribution >= 0.6 is 0 Å². The molecule has 0 aromatic heterocycles. The molecule has 1 atom stereocenters. The first-order valence-electron chi connectivity index (χ1n) is 7.76. The highest BCUT2D eigenvalue weighted by Gasteiger charge is 2.37. The summed E-state index contributed by atoms with van der Waals surface area (Å²) in [5, 5.41) is 0. The quantitative estimate of drug-likeness (QED) is 0.634. The molecule has 0 spiro atoms. The van der Waals surface area contributed by atoms with Crippen LogP contribution < -0.4 is 4.74 Å². The van der Waals surface area contributed by atoms with Crippen LogP contribution in [0, 0.1) is 0 Å². The highest BCUT2D eigenvalue weighted by atomic mass is 19.4. The van der Waals surface area contributed by atoms with Crippen molar-refractivity contribution in [2.24, 2.45) is 0 Å². The number of ether oxygens (including phenoxy) is 2. The molecule has 1 aliphatic rings. The molecule has 1 heterocycles. The molecule has 8 heteroatoms. The molecule has 1 unspecified atom stereocenters. The Morgan fingerprint density at radius 2 is 1.54 bits per heavy atom. The molecule has 2 aromatic rings. The summed E-state index contributed by atoms with van der Waals surface area (Å²) in [5.74, 6) is 0.601. The van der Waals surface area contributed by atoms with Gasteiger partial charge in [0.25, 0.3) is 0 Å². The van der Waals surface area contributed by atoms with Gasteiger partial charge >= 0.3 is 12.4 Å². The molecule has 1 aliphatic heterocycles. The van der Waals surface area contributed by atoms with E-state index < -0.39 is 29.6 Å².